The zero-order chi connectivity index (χ0) is 9.54. The molecule has 0 unspecified atom stereocenters. The van der Waals surface area contributed by atoms with Gasteiger partial charge < -0.3 is 15.1 Å². The second-order valence-corrected chi connectivity index (χ2v) is 5.48. The first-order chi connectivity index (χ1) is 6.81. The highest BCUT2D eigenvalue weighted by Crippen LogP contribution is 2.30. The Labute approximate surface area is 86.4 Å². The first-order valence-electron chi connectivity index (χ1n) is 5.93. The zero-order valence-electron chi connectivity index (χ0n) is 9.08. The highest BCUT2D eigenvalue weighted by Gasteiger charge is 2.39. The van der Waals surface area contributed by atoms with Crippen molar-refractivity contribution in [3.63, 3.8) is 0 Å². The molecule has 0 radical (unpaired) electrons. The van der Waals surface area contributed by atoms with Crippen LogP contribution in [-0.4, -0.2) is 62.7 Å². The molecule has 3 saturated heterocycles. The summed E-state index contributed by atoms with van der Waals surface area (Å²) in [6.45, 7) is 9.27. The van der Waals surface area contributed by atoms with E-state index in [0.717, 1.165) is 17.8 Å². The summed E-state index contributed by atoms with van der Waals surface area (Å²) in [6, 6.07) is 0. The molecule has 0 aromatic heterocycles. The molecule has 14 heavy (non-hydrogen) atoms. The van der Waals surface area contributed by atoms with E-state index in [2.05, 4.69) is 22.2 Å². The fraction of sp³-hybridized carbons (Fsp3) is 1.00. The topological polar surface area (TPSA) is 18.5 Å². The van der Waals surface area contributed by atoms with Crippen molar-refractivity contribution in [3.05, 3.63) is 0 Å². The molecule has 3 aliphatic heterocycles. The van der Waals surface area contributed by atoms with Gasteiger partial charge >= 0.3 is 0 Å². The van der Waals surface area contributed by atoms with Gasteiger partial charge in [-0.1, -0.05) is 0 Å². The fourth-order valence-electron chi connectivity index (χ4n) is 3.32. The minimum absolute atomic E-state index is 0.951. The number of hydrogen-bond acceptors (Lipinski definition) is 3. The molecule has 3 heteroatoms. The average Bonchev–Trinajstić information content (AvgIpc) is 2.53. The molecule has 0 spiro atoms. The lowest BCUT2D eigenvalue weighted by molar-refractivity contribution is 0.204. The van der Waals surface area contributed by atoms with Crippen LogP contribution in [0.3, 0.4) is 0 Å². The van der Waals surface area contributed by atoms with Crippen molar-refractivity contribution in [1.29, 1.82) is 0 Å². The van der Waals surface area contributed by atoms with E-state index in [4.69, 9.17) is 0 Å². The Hall–Kier alpha value is -0.120. The average molecular weight is 195 g/mol. The van der Waals surface area contributed by atoms with Crippen LogP contribution in [0.2, 0.25) is 0 Å². The number of rotatable bonds is 2. The first-order valence-corrected chi connectivity index (χ1v) is 5.93. The number of hydrogen-bond donors (Lipinski definition) is 1. The SMILES string of the molecule is CN1C[C@@H]2CN(CC3CNC3)C[C@@H]2C1. The molecular formula is C11H21N3. The summed E-state index contributed by atoms with van der Waals surface area (Å²) < 4.78 is 0. The molecule has 3 aliphatic rings. The van der Waals surface area contributed by atoms with Crippen LogP contribution in [0.4, 0.5) is 0 Å². The summed E-state index contributed by atoms with van der Waals surface area (Å²) in [5.74, 6) is 2.91. The summed E-state index contributed by atoms with van der Waals surface area (Å²) >= 11 is 0. The highest BCUT2D eigenvalue weighted by atomic mass is 15.2. The molecule has 0 aromatic rings. The third-order valence-corrected chi connectivity index (χ3v) is 4.13. The Kier molecular flexibility index (Phi) is 2.26. The number of fused-ring (bicyclic) bond motifs is 1. The Morgan fingerprint density at radius 2 is 1.71 bits per heavy atom. The van der Waals surface area contributed by atoms with E-state index in [-0.39, 0.29) is 0 Å². The summed E-state index contributed by atoms with van der Waals surface area (Å²) in [5.41, 5.74) is 0. The minimum atomic E-state index is 0.951. The molecule has 0 bridgehead atoms. The van der Waals surface area contributed by atoms with Gasteiger partial charge in [-0.25, -0.2) is 0 Å². The van der Waals surface area contributed by atoms with Crippen molar-refractivity contribution in [2.24, 2.45) is 17.8 Å². The third-order valence-electron chi connectivity index (χ3n) is 4.13. The fourth-order valence-corrected chi connectivity index (χ4v) is 3.32. The molecule has 3 rings (SSSR count). The summed E-state index contributed by atoms with van der Waals surface area (Å²) in [7, 11) is 2.26. The molecule has 1 N–H and O–H groups in total. The zero-order valence-corrected chi connectivity index (χ0v) is 9.08. The van der Waals surface area contributed by atoms with Crippen molar-refractivity contribution in [2.45, 2.75) is 0 Å². The largest absolute Gasteiger partial charge is 0.316 e. The van der Waals surface area contributed by atoms with Crippen LogP contribution < -0.4 is 5.32 Å². The van der Waals surface area contributed by atoms with Gasteiger partial charge in [-0.15, -0.1) is 0 Å². The molecule has 3 fully saturated rings. The lowest BCUT2D eigenvalue weighted by Crippen LogP contribution is -2.48. The highest BCUT2D eigenvalue weighted by molar-refractivity contribution is 4.93. The van der Waals surface area contributed by atoms with E-state index >= 15 is 0 Å². The Morgan fingerprint density at radius 1 is 1.07 bits per heavy atom. The molecule has 0 amide bonds. The van der Waals surface area contributed by atoms with E-state index in [1.54, 1.807) is 0 Å². The lowest BCUT2D eigenvalue weighted by Gasteiger charge is -2.31. The van der Waals surface area contributed by atoms with E-state index < -0.39 is 0 Å². The van der Waals surface area contributed by atoms with Crippen LogP contribution >= 0.6 is 0 Å². The number of nitrogens with zero attached hydrogens (tertiary/aromatic N) is 2. The molecule has 3 nitrogen and oxygen atoms in total. The van der Waals surface area contributed by atoms with E-state index in [1.165, 1.54) is 45.8 Å². The normalized spacial score (nSPS) is 40.1. The van der Waals surface area contributed by atoms with Gasteiger partial charge in [-0.2, -0.15) is 0 Å². The third kappa shape index (κ3) is 1.58. The van der Waals surface area contributed by atoms with Crippen LogP contribution in [0.1, 0.15) is 0 Å². The van der Waals surface area contributed by atoms with Gasteiger partial charge in [-0.05, 0) is 24.8 Å². The summed E-state index contributed by atoms with van der Waals surface area (Å²) in [6.07, 6.45) is 0. The maximum Gasteiger partial charge on any atom is 0.00342 e. The minimum Gasteiger partial charge on any atom is -0.316 e. The van der Waals surface area contributed by atoms with Gasteiger partial charge in [0.1, 0.15) is 0 Å². The molecular weight excluding hydrogens is 174 g/mol. The maximum atomic E-state index is 3.36. The van der Waals surface area contributed by atoms with E-state index in [1.807, 2.05) is 0 Å². The van der Waals surface area contributed by atoms with Crippen molar-refractivity contribution >= 4 is 0 Å². The van der Waals surface area contributed by atoms with Crippen LogP contribution in [0, 0.1) is 17.8 Å². The standard InChI is InChI=1S/C11H21N3/c1-13-5-10-7-14(8-11(10)6-13)4-9-2-12-3-9/h9-12H,2-8H2,1H3/t10-,11+. The van der Waals surface area contributed by atoms with Gasteiger partial charge in [0.05, 0.1) is 0 Å². The van der Waals surface area contributed by atoms with Crippen molar-refractivity contribution < 1.29 is 0 Å². The summed E-state index contributed by atoms with van der Waals surface area (Å²) in [5, 5.41) is 3.36. The van der Waals surface area contributed by atoms with Gasteiger partial charge in [0.25, 0.3) is 0 Å². The van der Waals surface area contributed by atoms with Crippen LogP contribution in [-0.2, 0) is 0 Å². The molecule has 0 aliphatic carbocycles. The van der Waals surface area contributed by atoms with E-state index in [9.17, 15) is 0 Å². The lowest BCUT2D eigenvalue weighted by atomic mass is 10.0. The Morgan fingerprint density at radius 3 is 2.21 bits per heavy atom. The number of likely N-dealkylation sites (tertiary alicyclic amines) is 2. The van der Waals surface area contributed by atoms with Crippen LogP contribution in [0.5, 0.6) is 0 Å². The maximum absolute atomic E-state index is 3.36. The van der Waals surface area contributed by atoms with Crippen molar-refractivity contribution in [1.82, 2.24) is 15.1 Å². The number of nitrogens with one attached hydrogen (secondary N) is 1. The Bertz CT molecular complexity index is 201. The van der Waals surface area contributed by atoms with Gasteiger partial charge in [0.2, 0.25) is 0 Å². The van der Waals surface area contributed by atoms with Gasteiger partial charge in [0.15, 0.2) is 0 Å². The molecule has 0 aromatic carbocycles. The van der Waals surface area contributed by atoms with Crippen LogP contribution in [0.25, 0.3) is 0 Å². The summed E-state index contributed by atoms with van der Waals surface area (Å²) in [4.78, 5) is 5.20. The smallest absolute Gasteiger partial charge is 0.00342 e. The van der Waals surface area contributed by atoms with Crippen molar-refractivity contribution in [3.8, 4) is 0 Å². The quantitative estimate of drug-likeness (QED) is 0.652. The molecule has 80 valence electrons. The predicted molar refractivity (Wildman–Crippen MR) is 57.3 cm³/mol. The first kappa shape index (κ1) is 9.13. The Balaban J connectivity index is 1.51. The van der Waals surface area contributed by atoms with Gasteiger partial charge in [-0.3, -0.25) is 0 Å². The molecule has 0 saturated carbocycles. The van der Waals surface area contributed by atoms with E-state index in [0.29, 0.717) is 0 Å². The van der Waals surface area contributed by atoms with Gasteiger partial charge in [0, 0.05) is 45.8 Å². The van der Waals surface area contributed by atoms with Crippen molar-refractivity contribution in [2.75, 3.05) is 52.9 Å². The second kappa shape index (κ2) is 3.47. The predicted octanol–water partition coefficient (Wildman–Crippen LogP) is -0.301. The second-order valence-electron chi connectivity index (χ2n) is 5.48. The van der Waals surface area contributed by atoms with Crippen LogP contribution in [0.15, 0.2) is 0 Å². The molecule has 3 heterocycles. The molecule has 2 atom stereocenters. The monoisotopic (exact) mass is 195 g/mol.